The van der Waals surface area contributed by atoms with Gasteiger partial charge in [0.2, 0.25) is 11.8 Å². The summed E-state index contributed by atoms with van der Waals surface area (Å²) < 4.78 is 6.62. The maximum atomic E-state index is 12.4. The fraction of sp³-hybridized carbons (Fsp3) is 0.136. The Hall–Kier alpha value is -2.64. The number of amides is 1. The van der Waals surface area contributed by atoms with Gasteiger partial charge in [0.15, 0.2) is 0 Å². The van der Waals surface area contributed by atoms with E-state index in [1.807, 2.05) is 49.4 Å². The molecule has 7 heteroatoms. The molecule has 0 aliphatic carbocycles. The van der Waals surface area contributed by atoms with E-state index in [1.54, 1.807) is 0 Å². The van der Waals surface area contributed by atoms with Crippen molar-refractivity contribution in [3.8, 4) is 11.5 Å². The maximum absolute atomic E-state index is 12.4. The zero-order valence-electron chi connectivity index (χ0n) is 15.6. The van der Waals surface area contributed by atoms with E-state index in [9.17, 15) is 4.79 Å². The Morgan fingerprint density at radius 1 is 1.07 bits per heavy atom. The Kier molecular flexibility index (Phi) is 5.97. The fourth-order valence-electron chi connectivity index (χ4n) is 2.95. The number of fused-ring (bicyclic) bond motifs is 1. The van der Waals surface area contributed by atoms with Crippen molar-refractivity contribution in [1.29, 1.82) is 0 Å². The Morgan fingerprint density at radius 2 is 1.83 bits per heavy atom. The molecule has 1 aromatic heterocycles. The van der Waals surface area contributed by atoms with Crippen LogP contribution in [0.2, 0.25) is 0 Å². The molecule has 0 aliphatic rings. The van der Waals surface area contributed by atoms with E-state index in [-0.39, 0.29) is 17.7 Å². The minimum absolute atomic E-state index is 0.0842. The molecule has 1 amide bonds. The lowest BCUT2D eigenvalue weighted by Crippen LogP contribution is -2.28. The van der Waals surface area contributed by atoms with Crippen LogP contribution in [-0.2, 0) is 4.79 Å². The van der Waals surface area contributed by atoms with E-state index in [0.29, 0.717) is 11.1 Å². The highest BCUT2D eigenvalue weighted by Gasteiger charge is 2.14. The number of rotatable bonds is 6. The number of carbonyl (C=O) groups excluding carboxylic acids is 1. The smallest absolute Gasteiger partial charge is 0.277 e. The minimum Gasteiger partial charge on any atom is -0.411 e. The van der Waals surface area contributed by atoms with E-state index in [0.717, 1.165) is 21.0 Å². The lowest BCUT2D eigenvalue weighted by atomic mass is 10.0. The summed E-state index contributed by atoms with van der Waals surface area (Å²) in [7, 11) is 0. The average Bonchev–Trinajstić information content (AvgIpc) is 3.21. The molecule has 0 fully saturated rings. The normalized spacial score (nSPS) is 12.1. The summed E-state index contributed by atoms with van der Waals surface area (Å²) >= 11 is 4.62. The van der Waals surface area contributed by atoms with Crippen LogP contribution in [0.25, 0.3) is 22.2 Å². The molecule has 4 rings (SSSR count). The molecular formula is C22H18BrN3O2S. The third-order valence-electron chi connectivity index (χ3n) is 4.48. The summed E-state index contributed by atoms with van der Waals surface area (Å²) in [5.41, 5.74) is 1.90. The van der Waals surface area contributed by atoms with Crippen molar-refractivity contribution in [2.75, 3.05) is 5.75 Å². The molecule has 1 unspecified atom stereocenters. The number of halogens is 1. The Morgan fingerprint density at radius 3 is 2.62 bits per heavy atom. The zero-order valence-corrected chi connectivity index (χ0v) is 18.0. The van der Waals surface area contributed by atoms with Crippen molar-refractivity contribution < 1.29 is 9.21 Å². The molecule has 0 radical (unpaired) electrons. The van der Waals surface area contributed by atoms with Gasteiger partial charge in [0.25, 0.3) is 5.22 Å². The van der Waals surface area contributed by atoms with Crippen LogP contribution in [0, 0.1) is 0 Å². The largest absolute Gasteiger partial charge is 0.411 e. The molecule has 29 heavy (non-hydrogen) atoms. The molecule has 1 heterocycles. The van der Waals surface area contributed by atoms with Gasteiger partial charge in [0, 0.05) is 10.0 Å². The van der Waals surface area contributed by atoms with Crippen LogP contribution in [0.4, 0.5) is 0 Å². The van der Waals surface area contributed by atoms with Gasteiger partial charge >= 0.3 is 0 Å². The van der Waals surface area contributed by atoms with E-state index in [1.165, 1.54) is 17.1 Å². The van der Waals surface area contributed by atoms with Gasteiger partial charge in [-0.3, -0.25) is 4.79 Å². The minimum atomic E-state index is -0.0892. The number of thioether (sulfide) groups is 1. The standard InChI is InChI=1S/C22H18BrN3O2S/c1-14(17-7-6-15-4-2-3-5-18(15)12-17)24-20(27)13-29-22-26-25-21(28-22)16-8-10-19(23)11-9-16/h2-12,14H,13H2,1H3,(H,24,27). The summed E-state index contributed by atoms with van der Waals surface area (Å²) in [6.45, 7) is 1.98. The van der Waals surface area contributed by atoms with E-state index in [4.69, 9.17) is 4.42 Å². The second kappa shape index (κ2) is 8.80. The number of nitrogens with zero attached hydrogens (tertiary/aromatic N) is 2. The van der Waals surface area contributed by atoms with Gasteiger partial charge in [-0.1, -0.05) is 64.1 Å². The predicted octanol–water partition coefficient (Wildman–Crippen LogP) is 5.62. The number of aromatic nitrogens is 2. The van der Waals surface area contributed by atoms with Crippen LogP contribution in [0.1, 0.15) is 18.5 Å². The van der Waals surface area contributed by atoms with E-state index >= 15 is 0 Å². The van der Waals surface area contributed by atoms with Crippen LogP contribution in [0.15, 0.2) is 80.8 Å². The third-order valence-corrected chi connectivity index (χ3v) is 5.82. The molecule has 0 saturated carbocycles. The first-order valence-electron chi connectivity index (χ1n) is 9.09. The van der Waals surface area contributed by atoms with Crippen molar-refractivity contribution in [1.82, 2.24) is 15.5 Å². The molecule has 0 aliphatic heterocycles. The quantitative estimate of drug-likeness (QED) is 0.372. The van der Waals surface area contributed by atoms with Gasteiger partial charge in [0.05, 0.1) is 11.8 Å². The van der Waals surface area contributed by atoms with Crippen LogP contribution >= 0.6 is 27.7 Å². The average molecular weight is 468 g/mol. The van der Waals surface area contributed by atoms with Crippen molar-refractivity contribution >= 4 is 44.4 Å². The number of hydrogen-bond donors (Lipinski definition) is 1. The Bertz CT molecular complexity index is 1140. The summed E-state index contributed by atoms with van der Waals surface area (Å²) in [6, 6.07) is 21.9. The Balaban J connectivity index is 1.34. The summed E-state index contributed by atoms with van der Waals surface area (Å²) in [5, 5.41) is 13.8. The second-order valence-electron chi connectivity index (χ2n) is 6.56. The third kappa shape index (κ3) is 4.86. The summed E-state index contributed by atoms with van der Waals surface area (Å²) in [4.78, 5) is 12.4. The van der Waals surface area contributed by atoms with Gasteiger partial charge in [-0.05, 0) is 53.6 Å². The molecule has 3 aromatic carbocycles. The zero-order chi connectivity index (χ0) is 20.2. The van der Waals surface area contributed by atoms with Crippen LogP contribution < -0.4 is 5.32 Å². The van der Waals surface area contributed by atoms with Gasteiger partial charge in [-0.25, -0.2) is 0 Å². The van der Waals surface area contributed by atoms with Gasteiger partial charge in [0.1, 0.15) is 0 Å². The molecule has 0 spiro atoms. The lowest BCUT2D eigenvalue weighted by molar-refractivity contribution is -0.119. The number of carbonyl (C=O) groups is 1. The second-order valence-corrected chi connectivity index (χ2v) is 8.41. The topological polar surface area (TPSA) is 68.0 Å². The number of nitrogens with one attached hydrogen (secondary N) is 1. The highest BCUT2D eigenvalue weighted by molar-refractivity contribution is 9.10. The highest BCUT2D eigenvalue weighted by atomic mass is 79.9. The van der Waals surface area contributed by atoms with E-state index in [2.05, 4.69) is 55.7 Å². The highest BCUT2D eigenvalue weighted by Crippen LogP contribution is 2.25. The van der Waals surface area contributed by atoms with Crippen molar-refractivity contribution in [3.63, 3.8) is 0 Å². The molecule has 1 atom stereocenters. The first-order chi connectivity index (χ1) is 14.1. The molecule has 1 N–H and O–H groups in total. The van der Waals surface area contributed by atoms with Crippen molar-refractivity contribution in [2.24, 2.45) is 0 Å². The predicted molar refractivity (Wildman–Crippen MR) is 119 cm³/mol. The van der Waals surface area contributed by atoms with Gasteiger partial charge in [-0.15, -0.1) is 10.2 Å². The monoisotopic (exact) mass is 467 g/mol. The van der Waals surface area contributed by atoms with E-state index < -0.39 is 0 Å². The molecular weight excluding hydrogens is 450 g/mol. The molecule has 146 valence electrons. The van der Waals surface area contributed by atoms with Crippen molar-refractivity contribution in [3.05, 3.63) is 76.8 Å². The summed E-state index contributed by atoms with van der Waals surface area (Å²) in [6.07, 6.45) is 0. The fourth-order valence-corrected chi connectivity index (χ4v) is 3.79. The SMILES string of the molecule is CC(NC(=O)CSc1nnc(-c2ccc(Br)cc2)o1)c1ccc2ccccc2c1. The number of benzene rings is 3. The lowest BCUT2D eigenvalue weighted by Gasteiger charge is -2.14. The first-order valence-corrected chi connectivity index (χ1v) is 10.9. The van der Waals surface area contributed by atoms with Crippen molar-refractivity contribution in [2.45, 2.75) is 18.2 Å². The summed E-state index contributed by atoms with van der Waals surface area (Å²) in [5.74, 6) is 0.559. The van der Waals surface area contributed by atoms with Gasteiger partial charge < -0.3 is 9.73 Å². The molecule has 4 aromatic rings. The van der Waals surface area contributed by atoms with Crippen LogP contribution in [-0.4, -0.2) is 21.9 Å². The first kappa shape index (κ1) is 19.7. The molecule has 5 nitrogen and oxygen atoms in total. The van der Waals surface area contributed by atoms with Crippen LogP contribution in [0.3, 0.4) is 0 Å². The number of hydrogen-bond acceptors (Lipinski definition) is 5. The molecule has 0 saturated heterocycles. The van der Waals surface area contributed by atoms with Gasteiger partial charge in [-0.2, -0.15) is 0 Å². The van der Waals surface area contributed by atoms with Crippen LogP contribution in [0.5, 0.6) is 0 Å². The Labute approximate surface area is 181 Å². The molecule has 0 bridgehead atoms. The maximum Gasteiger partial charge on any atom is 0.277 e.